The molecule has 1 aromatic heterocycles. The van der Waals surface area contributed by atoms with Gasteiger partial charge in [-0.2, -0.15) is 0 Å². The normalized spacial score (nSPS) is 27.1. The second-order valence-corrected chi connectivity index (χ2v) is 8.09. The van der Waals surface area contributed by atoms with Gasteiger partial charge in [0, 0.05) is 24.4 Å². The van der Waals surface area contributed by atoms with E-state index in [0.29, 0.717) is 11.7 Å². The molecule has 2 heterocycles. The zero-order valence-electron chi connectivity index (χ0n) is 15.8. The zero-order chi connectivity index (χ0) is 19.1. The van der Waals surface area contributed by atoms with Crippen LogP contribution in [0.4, 0.5) is 5.82 Å². The van der Waals surface area contributed by atoms with Crippen molar-refractivity contribution in [3.63, 3.8) is 0 Å². The lowest BCUT2D eigenvalue weighted by atomic mass is 9.67. The number of nitrogens with zero attached hydrogens (tertiary/aromatic N) is 3. The third kappa shape index (κ3) is 2.77. The third-order valence-electron chi connectivity index (χ3n) is 6.53. The molecule has 1 saturated heterocycles. The molecule has 0 radical (unpaired) electrons. The summed E-state index contributed by atoms with van der Waals surface area (Å²) in [6.45, 7) is 1.47. The number of para-hydroxylation sites is 1. The first-order chi connectivity index (χ1) is 13.7. The summed E-state index contributed by atoms with van der Waals surface area (Å²) in [6.07, 6.45) is 2.97. The molecule has 2 N–H and O–H groups in total. The highest BCUT2D eigenvalue weighted by atomic mass is 16.3. The Bertz CT molecular complexity index is 994. The predicted molar refractivity (Wildman–Crippen MR) is 109 cm³/mol. The summed E-state index contributed by atoms with van der Waals surface area (Å²) in [5.41, 5.74) is 1.08. The van der Waals surface area contributed by atoms with Crippen LogP contribution >= 0.6 is 0 Å². The highest BCUT2D eigenvalue weighted by molar-refractivity contribution is 5.89. The molecule has 144 valence electrons. The average molecular weight is 375 g/mol. The Balaban J connectivity index is 1.54. The van der Waals surface area contributed by atoms with Crippen LogP contribution in [0.3, 0.4) is 0 Å². The van der Waals surface area contributed by atoms with Gasteiger partial charge in [0.2, 0.25) is 0 Å². The van der Waals surface area contributed by atoms with Gasteiger partial charge in [0.15, 0.2) is 5.82 Å². The van der Waals surface area contributed by atoms with Crippen molar-refractivity contribution in [1.29, 1.82) is 0 Å². The lowest BCUT2D eigenvalue weighted by molar-refractivity contribution is -0.0631. The second-order valence-electron chi connectivity index (χ2n) is 8.09. The van der Waals surface area contributed by atoms with E-state index in [4.69, 9.17) is 0 Å². The maximum atomic E-state index is 11.7. The van der Waals surface area contributed by atoms with E-state index in [1.54, 1.807) is 0 Å². The van der Waals surface area contributed by atoms with E-state index in [2.05, 4.69) is 27.0 Å². The minimum absolute atomic E-state index is 0.174. The molecule has 28 heavy (non-hydrogen) atoms. The number of hydrogen-bond donors (Lipinski definition) is 2. The number of aliphatic hydroxyl groups excluding tert-OH is 1. The topological polar surface area (TPSA) is 69.5 Å². The summed E-state index contributed by atoms with van der Waals surface area (Å²) in [6, 6.07) is 18.1. The van der Waals surface area contributed by atoms with Crippen LogP contribution in [0.25, 0.3) is 10.9 Å². The molecule has 2 aliphatic rings. The van der Waals surface area contributed by atoms with Gasteiger partial charge in [-0.05, 0) is 42.9 Å². The fraction of sp³-hybridized carbons (Fsp3) is 0.391. The summed E-state index contributed by atoms with van der Waals surface area (Å²) in [5.74, 6) is 1.93. The van der Waals surface area contributed by atoms with Crippen LogP contribution in [-0.2, 0) is 12.2 Å². The number of benzene rings is 2. The first-order valence-corrected chi connectivity index (χ1v) is 10.1. The molecule has 1 aliphatic heterocycles. The van der Waals surface area contributed by atoms with Crippen molar-refractivity contribution in [2.45, 2.75) is 31.5 Å². The lowest BCUT2D eigenvalue weighted by Gasteiger charge is -2.41. The molecule has 2 fully saturated rings. The van der Waals surface area contributed by atoms with E-state index in [0.717, 1.165) is 54.6 Å². The van der Waals surface area contributed by atoms with Crippen molar-refractivity contribution >= 4 is 16.7 Å². The molecular formula is C23H25N3O2. The van der Waals surface area contributed by atoms with Crippen LogP contribution in [0.5, 0.6) is 0 Å². The van der Waals surface area contributed by atoms with Gasteiger partial charge in [-0.1, -0.05) is 42.5 Å². The maximum Gasteiger partial charge on any atom is 0.156 e. The SMILES string of the molecule is OCc1nc(N2C[C@@H]3CCC[C@@](O)(c4ccccc4)[C@@H]3C2)c2ccccc2n1. The van der Waals surface area contributed by atoms with Gasteiger partial charge in [-0.3, -0.25) is 0 Å². The predicted octanol–water partition coefficient (Wildman–Crippen LogP) is 3.25. The van der Waals surface area contributed by atoms with Crippen molar-refractivity contribution in [3.8, 4) is 0 Å². The van der Waals surface area contributed by atoms with Crippen LogP contribution in [-0.4, -0.2) is 33.3 Å². The minimum Gasteiger partial charge on any atom is -0.388 e. The number of fused-ring (bicyclic) bond motifs is 2. The Kier molecular flexibility index (Phi) is 4.29. The van der Waals surface area contributed by atoms with Gasteiger partial charge in [0.25, 0.3) is 0 Å². The molecule has 1 aliphatic carbocycles. The van der Waals surface area contributed by atoms with Crippen molar-refractivity contribution in [2.24, 2.45) is 11.8 Å². The van der Waals surface area contributed by atoms with Gasteiger partial charge >= 0.3 is 0 Å². The molecule has 1 saturated carbocycles. The second kappa shape index (κ2) is 6.83. The number of aliphatic hydroxyl groups is 2. The molecular weight excluding hydrogens is 350 g/mol. The fourth-order valence-corrected chi connectivity index (χ4v) is 5.20. The van der Waals surface area contributed by atoms with Crippen LogP contribution in [0, 0.1) is 11.8 Å². The molecule has 0 amide bonds. The molecule has 2 aromatic carbocycles. The first kappa shape index (κ1) is 17.6. The van der Waals surface area contributed by atoms with Gasteiger partial charge in [0.1, 0.15) is 12.4 Å². The van der Waals surface area contributed by atoms with Gasteiger partial charge in [0.05, 0.1) is 11.1 Å². The molecule has 0 spiro atoms. The lowest BCUT2D eigenvalue weighted by Crippen LogP contribution is -2.42. The number of aromatic nitrogens is 2. The monoisotopic (exact) mass is 375 g/mol. The van der Waals surface area contributed by atoms with Crippen LogP contribution in [0.15, 0.2) is 54.6 Å². The maximum absolute atomic E-state index is 11.7. The molecule has 3 aromatic rings. The average Bonchev–Trinajstić information content (AvgIpc) is 3.19. The molecule has 5 rings (SSSR count). The Hall–Kier alpha value is -2.50. The highest BCUT2D eigenvalue weighted by Crippen LogP contribution is 2.49. The molecule has 3 atom stereocenters. The number of rotatable bonds is 3. The third-order valence-corrected chi connectivity index (χ3v) is 6.53. The quantitative estimate of drug-likeness (QED) is 0.735. The van der Waals surface area contributed by atoms with Crippen molar-refractivity contribution in [1.82, 2.24) is 9.97 Å². The Morgan fingerprint density at radius 1 is 1.00 bits per heavy atom. The summed E-state index contributed by atoms with van der Waals surface area (Å²) in [4.78, 5) is 11.4. The fourth-order valence-electron chi connectivity index (χ4n) is 5.20. The van der Waals surface area contributed by atoms with E-state index in [-0.39, 0.29) is 12.5 Å². The van der Waals surface area contributed by atoms with Gasteiger partial charge in [-0.25, -0.2) is 9.97 Å². The van der Waals surface area contributed by atoms with Crippen LogP contribution in [0.1, 0.15) is 30.7 Å². The van der Waals surface area contributed by atoms with E-state index in [9.17, 15) is 10.2 Å². The molecule has 0 bridgehead atoms. The molecule has 5 heteroatoms. The summed E-state index contributed by atoms with van der Waals surface area (Å²) in [7, 11) is 0. The number of hydrogen-bond acceptors (Lipinski definition) is 5. The van der Waals surface area contributed by atoms with E-state index in [1.165, 1.54) is 0 Å². The standard InChI is InChI=1S/C23H25N3O2/c27-15-21-24-20-11-5-4-10-18(20)22(25-21)26-13-16-7-6-12-23(28,19(16)14-26)17-8-2-1-3-9-17/h1-5,8-11,16,19,27-28H,6-7,12-15H2/t16-,19+,23+/m0/s1. The van der Waals surface area contributed by atoms with Gasteiger partial charge in [-0.15, -0.1) is 0 Å². The Labute approximate surface area is 164 Å². The van der Waals surface area contributed by atoms with Crippen LogP contribution < -0.4 is 4.90 Å². The number of anilines is 1. The Morgan fingerprint density at radius 2 is 1.79 bits per heavy atom. The molecule has 0 unspecified atom stereocenters. The Morgan fingerprint density at radius 3 is 2.61 bits per heavy atom. The zero-order valence-corrected chi connectivity index (χ0v) is 15.8. The summed E-state index contributed by atoms with van der Waals surface area (Å²) >= 11 is 0. The van der Waals surface area contributed by atoms with Crippen LogP contribution in [0.2, 0.25) is 0 Å². The molecule has 5 nitrogen and oxygen atoms in total. The van der Waals surface area contributed by atoms with Crippen molar-refractivity contribution in [3.05, 3.63) is 66.0 Å². The van der Waals surface area contributed by atoms with E-state index in [1.807, 2.05) is 42.5 Å². The minimum atomic E-state index is -0.790. The largest absolute Gasteiger partial charge is 0.388 e. The van der Waals surface area contributed by atoms with Crippen molar-refractivity contribution in [2.75, 3.05) is 18.0 Å². The smallest absolute Gasteiger partial charge is 0.156 e. The van der Waals surface area contributed by atoms with E-state index >= 15 is 0 Å². The summed E-state index contributed by atoms with van der Waals surface area (Å²) < 4.78 is 0. The highest BCUT2D eigenvalue weighted by Gasteiger charge is 2.50. The van der Waals surface area contributed by atoms with Gasteiger partial charge < -0.3 is 15.1 Å². The summed E-state index contributed by atoms with van der Waals surface area (Å²) in [5, 5.41) is 22.3. The van der Waals surface area contributed by atoms with Crippen molar-refractivity contribution < 1.29 is 10.2 Å². The van der Waals surface area contributed by atoms with E-state index < -0.39 is 5.60 Å². The first-order valence-electron chi connectivity index (χ1n) is 10.1.